The van der Waals surface area contributed by atoms with E-state index in [2.05, 4.69) is 49.3 Å². The number of halogens is 2. The molecule has 0 heterocycles. The standard InChI is InChI=1S/C24H46Cl2N2/c1-5-9-11-19-27(20-12-10-6-2)21-13-16-24(14-7-3,15-8-4)28(22-17-25)23-18-26/h5-12,14-15,17-23H2,1-4H3. The highest BCUT2D eigenvalue weighted by atomic mass is 35.5. The Bertz CT molecular complexity index is 381. The second-order valence-electron chi connectivity index (χ2n) is 7.89. The Morgan fingerprint density at radius 2 is 1.18 bits per heavy atom. The Morgan fingerprint density at radius 1 is 0.679 bits per heavy atom. The minimum Gasteiger partial charge on any atom is -0.292 e. The van der Waals surface area contributed by atoms with Crippen molar-refractivity contribution in [2.45, 2.75) is 97.4 Å². The predicted octanol–water partition coefficient (Wildman–Crippen LogP) is 6.79. The number of unbranched alkanes of at least 4 members (excludes halogenated alkanes) is 4. The summed E-state index contributed by atoms with van der Waals surface area (Å²) in [6, 6.07) is 0. The van der Waals surface area contributed by atoms with E-state index in [9.17, 15) is 0 Å². The summed E-state index contributed by atoms with van der Waals surface area (Å²) in [6.07, 6.45) is 12.2. The molecular formula is C24H46Cl2N2. The SMILES string of the molecule is CCCCCN(CC#CC(CCC)(CCC)N(CCCl)CCCl)CCCCC. The molecule has 0 spiro atoms. The molecule has 0 aromatic heterocycles. The molecule has 0 bridgehead atoms. The quantitative estimate of drug-likeness (QED) is 0.133. The monoisotopic (exact) mass is 432 g/mol. The first-order valence-electron chi connectivity index (χ1n) is 11.7. The van der Waals surface area contributed by atoms with Crippen molar-refractivity contribution in [3.05, 3.63) is 0 Å². The molecule has 0 radical (unpaired) electrons. The minimum atomic E-state index is -0.0776. The van der Waals surface area contributed by atoms with Crippen molar-refractivity contribution in [1.82, 2.24) is 9.80 Å². The fourth-order valence-electron chi connectivity index (χ4n) is 3.97. The second kappa shape index (κ2) is 19.0. The van der Waals surface area contributed by atoms with Crippen molar-refractivity contribution < 1.29 is 0 Å². The molecule has 0 N–H and O–H groups in total. The van der Waals surface area contributed by atoms with Gasteiger partial charge in [0.25, 0.3) is 0 Å². The first-order chi connectivity index (χ1) is 13.6. The van der Waals surface area contributed by atoms with E-state index < -0.39 is 0 Å². The maximum absolute atomic E-state index is 6.12. The summed E-state index contributed by atoms with van der Waals surface area (Å²) < 4.78 is 0. The van der Waals surface area contributed by atoms with E-state index in [0.717, 1.165) is 45.3 Å². The van der Waals surface area contributed by atoms with Gasteiger partial charge in [-0.2, -0.15) is 0 Å². The van der Waals surface area contributed by atoms with Gasteiger partial charge in [-0.1, -0.05) is 78.1 Å². The highest BCUT2D eigenvalue weighted by molar-refractivity contribution is 6.18. The van der Waals surface area contributed by atoms with Crippen LogP contribution in [0.2, 0.25) is 0 Å². The van der Waals surface area contributed by atoms with Gasteiger partial charge in [0, 0.05) is 24.8 Å². The molecule has 0 rings (SSSR count). The normalized spacial score (nSPS) is 11.9. The van der Waals surface area contributed by atoms with Crippen molar-refractivity contribution in [1.29, 1.82) is 0 Å². The molecule has 4 heteroatoms. The number of nitrogens with zero attached hydrogens (tertiary/aromatic N) is 2. The van der Waals surface area contributed by atoms with E-state index >= 15 is 0 Å². The zero-order valence-corrected chi connectivity index (χ0v) is 20.7. The maximum atomic E-state index is 6.12. The van der Waals surface area contributed by atoms with Crippen LogP contribution in [0.1, 0.15) is 91.9 Å². The van der Waals surface area contributed by atoms with E-state index in [0.29, 0.717) is 11.8 Å². The number of alkyl halides is 2. The van der Waals surface area contributed by atoms with Crippen molar-refractivity contribution in [3.8, 4) is 11.8 Å². The highest BCUT2D eigenvalue weighted by Gasteiger charge is 2.32. The van der Waals surface area contributed by atoms with Gasteiger partial charge in [-0.15, -0.1) is 23.2 Å². The summed E-state index contributed by atoms with van der Waals surface area (Å²) in [6.45, 7) is 14.0. The maximum Gasteiger partial charge on any atom is 0.0826 e. The van der Waals surface area contributed by atoms with Crippen LogP contribution in [0, 0.1) is 11.8 Å². The number of hydrogen-bond donors (Lipinski definition) is 0. The Hall–Kier alpha value is 0.0600. The van der Waals surface area contributed by atoms with Crippen molar-refractivity contribution in [2.75, 3.05) is 44.5 Å². The molecule has 0 fully saturated rings. The zero-order valence-electron chi connectivity index (χ0n) is 19.2. The van der Waals surface area contributed by atoms with Crippen LogP contribution in [-0.4, -0.2) is 59.8 Å². The van der Waals surface area contributed by atoms with E-state index in [4.69, 9.17) is 23.2 Å². The van der Waals surface area contributed by atoms with Gasteiger partial charge in [0.05, 0.1) is 12.1 Å². The fourth-order valence-corrected chi connectivity index (χ4v) is 4.38. The van der Waals surface area contributed by atoms with Crippen LogP contribution in [-0.2, 0) is 0 Å². The molecule has 0 aliphatic heterocycles. The van der Waals surface area contributed by atoms with Gasteiger partial charge in [0.1, 0.15) is 0 Å². The van der Waals surface area contributed by atoms with Crippen LogP contribution in [0.5, 0.6) is 0 Å². The van der Waals surface area contributed by atoms with Gasteiger partial charge in [0.15, 0.2) is 0 Å². The number of hydrogen-bond acceptors (Lipinski definition) is 2. The summed E-state index contributed by atoms with van der Waals surface area (Å²) in [4.78, 5) is 5.01. The molecule has 0 saturated carbocycles. The fraction of sp³-hybridized carbons (Fsp3) is 0.917. The minimum absolute atomic E-state index is 0.0776. The molecule has 0 aromatic carbocycles. The first kappa shape index (κ1) is 28.1. The van der Waals surface area contributed by atoms with Crippen LogP contribution >= 0.6 is 23.2 Å². The molecule has 0 amide bonds. The van der Waals surface area contributed by atoms with E-state index in [1.807, 2.05) is 0 Å². The van der Waals surface area contributed by atoms with Gasteiger partial charge < -0.3 is 0 Å². The van der Waals surface area contributed by atoms with E-state index in [1.54, 1.807) is 0 Å². The Labute approximate surface area is 186 Å². The lowest BCUT2D eigenvalue weighted by atomic mass is 9.87. The lowest BCUT2D eigenvalue weighted by Crippen LogP contribution is -2.49. The zero-order chi connectivity index (χ0) is 21.1. The van der Waals surface area contributed by atoms with Crippen LogP contribution in [0.15, 0.2) is 0 Å². The molecule has 28 heavy (non-hydrogen) atoms. The van der Waals surface area contributed by atoms with Crippen LogP contribution in [0.4, 0.5) is 0 Å². The van der Waals surface area contributed by atoms with Crippen LogP contribution in [0.3, 0.4) is 0 Å². The Morgan fingerprint density at radius 3 is 1.57 bits per heavy atom. The third-order valence-electron chi connectivity index (χ3n) is 5.42. The topological polar surface area (TPSA) is 6.48 Å². The van der Waals surface area contributed by atoms with Gasteiger partial charge in [-0.05, 0) is 38.8 Å². The molecule has 0 saturated heterocycles. The molecule has 0 aliphatic rings. The third kappa shape index (κ3) is 11.9. The molecule has 2 nitrogen and oxygen atoms in total. The van der Waals surface area contributed by atoms with Gasteiger partial charge in [0.2, 0.25) is 0 Å². The summed E-state index contributed by atoms with van der Waals surface area (Å²) in [7, 11) is 0. The summed E-state index contributed by atoms with van der Waals surface area (Å²) in [5.41, 5.74) is -0.0776. The van der Waals surface area contributed by atoms with Gasteiger partial charge in [-0.3, -0.25) is 9.80 Å². The molecule has 0 unspecified atom stereocenters. The average Bonchev–Trinajstić information content (AvgIpc) is 2.68. The third-order valence-corrected chi connectivity index (χ3v) is 5.76. The first-order valence-corrected chi connectivity index (χ1v) is 12.8. The molecule has 0 aromatic rings. The summed E-state index contributed by atoms with van der Waals surface area (Å²) >= 11 is 12.2. The Balaban J connectivity index is 5.30. The van der Waals surface area contributed by atoms with Crippen molar-refractivity contribution in [3.63, 3.8) is 0 Å². The number of rotatable bonds is 18. The van der Waals surface area contributed by atoms with Gasteiger partial charge >= 0.3 is 0 Å². The van der Waals surface area contributed by atoms with Crippen molar-refractivity contribution in [2.24, 2.45) is 0 Å². The summed E-state index contributed by atoms with van der Waals surface area (Å²) in [5, 5.41) is 0. The highest BCUT2D eigenvalue weighted by Crippen LogP contribution is 2.27. The lowest BCUT2D eigenvalue weighted by Gasteiger charge is -2.40. The van der Waals surface area contributed by atoms with Crippen molar-refractivity contribution >= 4 is 23.2 Å². The van der Waals surface area contributed by atoms with Crippen LogP contribution in [0.25, 0.3) is 0 Å². The molecule has 0 aliphatic carbocycles. The predicted molar refractivity (Wildman–Crippen MR) is 129 cm³/mol. The van der Waals surface area contributed by atoms with Crippen LogP contribution < -0.4 is 0 Å². The Kier molecular flexibility index (Phi) is 19.1. The molecule has 0 atom stereocenters. The smallest absolute Gasteiger partial charge is 0.0826 e. The molecule has 166 valence electrons. The summed E-state index contributed by atoms with van der Waals surface area (Å²) in [5.74, 6) is 8.59. The lowest BCUT2D eigenvalue weighted by molar-refractivity contribution is 0.134. The van der Waals surface area contributed by atoms with Gasteiger partial charge in [-0.25, -0.2) is 0 Å². The largest absolute Gasteiger partial charge is 0.292 e. The average molecular weight is 434 g/mol. The molecular weight excluding hydrogens is 387 g/mol. The van der Waals surface area contributed by atoms with E-state index in [1.165, 1.54) is 51.6 Å². The second-order valence-corrected chi connectivity index (χ2v) is 8.64. The van der Waals surface area contributed by atoms with E-state index in [-0.39, 0.29) is 5.54 Å².